The number of rotatable bonds is 7. The zero-order valence-corrected chi connectivity index (χ0v) is 22.4. The van der Waals surface area contributed by atoms with Gasteiger partial charge in [-0.05, 0) is 81.7 Å². The summed E-state index contributed by atoms with van der Waals surface area (Å²) in [4.78, 5) is 31.2. The first-order valence-corrected chi connectivity index (χ1v) is 13.0. The molecule has 0 aliphatic carbocycles. The van der Waals surface area contributed by atoms with Crippen LogP contribution in [0.4, 0.5) is 4.79 Å². The van der Waals surface area contributed by atoms with Gasteiger partial charge < -0.3 is 19.9 Å². The Balaban J connectivity index is 1.75. The summed E-state index contributed by atoms with van der Waals surface area (Å²) in [7, 11) is 0. The first-order chi connectivity index (χ1) is 16.0. The first kappa shape index (κ1) is 26.1. The third-order valence-electron chi connectivity index (χ3n) is 6.04. The van der Waals surface area contributed by atoms with Crippen molar-refractivity contribution < 1.29 is 14.3 Å². The number of ether oxygens (including phenoxy) is 1. The maximum atomic E-state index is 13.5. The molecule has 34 heavy (non-hydrogen) atoms. The fourth-order valence-electron chi connectivity index (χ4n) is 4.12. The van der Waals surface area contributed by atoms with Crippen molar-refractivity contribution in [3.8, 4) is 5.75 Å². The van der Waals surface area contributed by atoms with Crippen molar-refractivity contribution in [2.75, 3.05) is 19.7 Å². The summed E-state index contributed by atoms with van der Waals surface area (Å²) >= 11 is 1.73. The van der Waals surface area contributed by atoms with Crippen molar-refractivity contribution in [3.63, 3.8) is 0 Å². The molecule has 0 radical (unpaired) electrons. The van der Waals surface area contributed by atoms with Crippen LogP contribution in [0, 0.1) is 0 Å². The second-order valence-corrected chi connectivity index (χ2v) is 11.6. The lowest BCUT2D eigenvalue weighted by Crippen LogP contribution is -2.54. The number of urea groups is 1. The molecule has 1 aromatic heterocycles. The van der Waals surface area contributed by atoms with Crippen LogP contribution < -0.4 is 10.1 Å². The van der Waals surface area contributed by atoms with E-state index in [0.717, 1.165) is 17.7 Å². The van der Waals surface area contributed by atoms with Gasteiger partial charge in [-0.1, -0.05) is 26.0 Å². The van der Waals surface area contributed by atoms with Gasteiger partial charge in [-0.2, -0.15) is 0 Å². The van der Waals surface area contributed by atoms with Gasteiger partial charge in [-0.15, -0.1) is 11.3 Å². The fraction of sp³-hybridized carbons (Fsp3) is 0.556. The predicted molar refractivity (Wildman–Crippen MR) is 139 cm³/mol. The molecular formula is C27H39N3O3S. The molecule has 3 amide bonds. The third-order valence-corrected chi connectivity index (χ3v) is 7.04. The molecule has 6 nitrogen and oxygen atoms in total. The Labute approximate surface area is 208 Å². The molecule has 7 heteroatoms. The van der Waals surface area contributed by atoms with Crippen molar-refractivity contribution >= 4 is 23.3 Å². The van der Waals surface area contributed by atoms with Gasteiger partial charge in [-0.25, -0.2) is 4.79 Å². The standard InChI is InChI=1S/C27H39N3O3S/c1-18(2)20-8-10-21(11-9-20)33-17-23-22-13-15-34-24(22)12-14-29(23)25(31)16-30(19(3)4)26(32)28-27(5,6)7/h8-11,13,15,18-19,23H,12,14,16-17H2,1-7H3,(H,28,32). The van der Waals surface area contributed by atoms with Gasteiger partial charge in [0.1, 0.15) is 18.9 Å². The molecule has 1 aliphatic heterocycles. The minimum atomic E-state index is -0.370. The van der Waals surface area contributed by atoms with Gasteiger partial charge in [0.15, 0.2) is 0 Å². The summed E-state index contributed by atoms with van der Waals surface area (Å²) in [5.74, 6) is 1.21. The smallest absolute Gasteiger partial charge is 0.318 e. The van der Waals surface area contributed by atoms with Crippen molar-refractivity contribution in [3.05, 3.63) is 51.7 Å². The van der Waals surface area contributed by atoms with E-state index in [2.05, 4.69) is 42.7 Å². The van der Waals surface area contributed by atoms with E-state index >= 15 is 0 Å². The van der Waals surface area contributed by atoms with Crippen LogP contribution in [0.15, 0.2) is 35.7 Å². The maximum absolute atomic E-state index is 13.5. The fourth-order valence-corrected chi connectivity index (χ4v) is 5.04. The lowest BCUT2D eigenvalue weighted by atomic mass is 10.00. The normalized spacial score (nSPS) is 15.9. The zero-order chi connectivity index (χ0) is 25.0. The van der Waals surface area contributed by atoms with E-state index in [1.807, 2.05) is 51.7 Å². The Hall–Kier alpha value is -2.54. The minimum absolute atomic E-state index is 0.0403. The molecule has 1 aliphatic rings. The summed E-state index contributed by atoms with van der Waals surface area (Å²) in [6, 6.07) is 9.78. The van der Waals surface area contributed by atoms with Gasteiger partial charge in [0.25, 0.3) is 0 Å². The van der Waals surface area contributed by atoms with E-state index in [9.17, 15) is 9.59 Å². The Morgan fingerprint density at radius 1 is 1.15 bits per heavy atom. The predicted octanol–water partition coefficient (Wildman–Crippen LogP) is 5.59. The number of amides is 3. The summed E-state index contributed by atoms with van der Waals surface area (Å²) in [5.41, 5.74) is 2.05. The lowest BCUT2D eigenvalue weighted by Gasteiger charge is -2.38. The third kappa shape index (κ3) is 6.53. The summed E-state index contributed by atoms with van der Waals surface area (Å²) < 4.78 is 6.17. The van der Waals surface area contributed by atoms with Crippen molar-refractivity contribution in [1.29, 1.82) is 0 Å². The van der Waals surface area contributed by atoms with Crippen molar-refractivity contribution in [1.82, 2.24) is 15.1 Å². The zero-order valence-electron chi connectivity index (χ0n) is 21.6. The Morgan fingerprint density at radius 2 is 1.82 bits per heavy atom. The summed E-state index contributed by atoms with van der Waals surface area (Å²) in [6.45, 7) is 15.1. The Kier molecular flexibility index (Phi) is 8.29. The van der Waals surface area contributed by atoms with Crippen LogP contribution in [0.2, 0.25) is 0 Å². The Bertz CT molecular complexity index is 976. The molecule has 0 spiro atoms. The van der Waals surface area contributed by atoms with Gasteiger partial charge >= 0.3 is 6.03 Å². The Morgan fingerprint density at radius 3 is 2.41 bits per heavy atom. The van der Waals surface area contributed by atoms with E-state index in [4.69, 9.17) is 4.74 Å². The highest BCUT2D eigenvalue weighted by Gasteiger charge is 2.34. The summed E-state index contributed by atoms with van der Waals surface area (Å²) in [6.07, 6.45) is 0.828. The van der Waals surface area contributed by atoms with Crippen molar-refractivity contribution in [2.24, 2.45) is 0 Å². The quantitative estimate of drug-likeness (QED) is 0.556. The van der Waals surface area contributed by atoms with Crippen LogP contribution in [-0.2, 0) is 11.2 Å². The average Bonchev–Trinajstić information content (AvgIpc) is 3.23. The van der Waals surface area contributed by atoms with E-state index in [1.165, 1.54) is 10.4 Å². The van der Waals surface area contributed by atoms with Crippen LogP contribution in [0.3, 0.4) is 0 Å². The van der Waals surface area contributed by atoms with Crippen LogP contribution in [-0.4, -0.2) is 53.0 Å². The molecule has 0 bridgehead atoms. The highest BCUT2D eigenvalue weighted by atomic mass is 32.1. The average molecular weight is 486 g/mol. The van der Waals surface area contributed by atoms with Crippen LogP contribution >= 0.6 is 11.3 Å². The number of thiophene rings is 1. The highest BCUT2D eigenvalue weighted by Crippen LogP contribution is 2.34. The van der Waals surface area contributed by atoms with Crippen molar-refractivity contribution in [2.45, 2.75) is 78.4 Å². The molecule has 1 unspecified atom stereocenters. The number of nitrogens with zero attached hydrogens (tertiary/aromatic N) is 2. The molecule has 1 atom stereocenters. The first-order valence-electron chi connectivity index (χ1n) is 12.1. The number of carbonyl (C=O) groups is 2. The second-order valence-electron chi connectivity index (χ2n) is 10.6. The molecule has 2 aromatic rings. The molecule has 1 N–H and O–H groups in total. The van der Waals surface area contributed by atoms with Gasteiger partial charge in [-0.3, -0.25) is 4.79 Å². The molecule has 1 aromatic carbocycles. The SMILES string of the molecule is CC(C)c1ccc(OCC2c3ccsc3CCN2C(=O)CN(C(=O)NC(C)(C)C)C(C)C)cc1. The molecule has 0 saturated carbocycles. The number of carbonyl (C=O) groups excluding carboxylic acids is 2. The van der Waals surface area contributed by atoms with E-state index in [0.29, 0.717) is 19.1 Å². The number of hydrogen-bond donors (Lipinski definition) is 1. The number of benzene rings is 1. The maximum Gasteiger partial charge on any atom is 0.318 e. The van der Waals surface area contributed by atoms with Gasteiger partial charge in [0.2, 0.25) is 5.91 Å². The van der Waals surface area contributed by atoms with Crippen LogP contribution in [0.1, 0.15) is 76.4 Å². The highest BCUT2D eigenvalue weighted by molar-refractivity contribution is 7.10. The molecule has 3 rings (SSSR count). The van der Waals surface area contributed by atoms with E-state index in [-0.39, 0.29) is 36.1 Å². The molecule has 0 fully saturated rings. The monoisotopic (exact) mass is 485 g/mol. The summed E-state index contributed by atoms with van der Waals surface area (Å²) in [5, 5.41) is 5.07. The number of hydrogen-bond acceptors (Lipinski definition) is 4. The van der Waals surface area contributed by atoms with E-state index in [1.54, 1.807) is 16.2 Å². The molecule has 2 heterocycles. The lowest BCUT2D eigenvalue weighted by molar-refractivity contribution is -0.135. The topological polar surface area (TPSA) is 61.9 Å². The molecule has 0 saturated heterocycles. The van der Waals surface area contributed by atoms with Gasteiger partial charge in [0.05, 0.1) is 6.04 Å². The molecule has 186 valence electrons. The number of fused-ring (bicyclic) bond motifs is 1. The van der Waals surface area contributed by atoms with Crippen LogP contribution in [0.25, 0.3) is 0 Å². The number of nitrogens with one attached hydrogen (secondary N) is 1. The van der Waals surface area contributed by atoms with Crippen LogP contribution in [0.5, 0.6) is 5.75 Å². The van der Waals surface area contributed by atoms with E-state index < -0.39 is 0 Å². The minimum Gasteiger partial charge on any atom is -0.491 e. The largest absolute Gasteiger partial charge is 0.491 e. The second kappa shape index (κ2) is 10.8. The molecular weight excluding hydrogens is 446 g/mol. The van der Waals surface area contributed by atoms with Gasteiger partial charge in [0, 0.05) is 23.0 Å².